The third kappa shape index (κ3) is 6.29. The van der Waals surface area contributed by atoms with Gasteiger partial charge in [0.1, 0.15) is 0 Å². The Kier molecular flexibility index (Phi) is 4.34. The molecule has 0 aromatic heterocycles. The maximum atomic E-state index is 10.7. The number of nitrogens with zero attached hydrogens (tertiary/aromatic N) is 1. The molecule has 0 aliphatic heterocycles. The highest BCUT2D eigenvalue weighted by Gasteiger charge is 2.21. The zero-order valence-electron chi connectivity index (χ0n) is 9.08. The Morgan fingerprint density at radius 2 is 2.07 bits per heavy atom. The van der Waals surface area contributed by atoms with Gasteiger partial charge in [-0.25, -0.2) is 13.1 Å². The molecule has 88 valence electrons. The van der Waals surface area contributed by atoms with E-state index in [4.69, 9.17) is 0 Å². The van der Waals surface area contributed by atoms with Crippen LogP contribution in [0.2, 0.25) is 0 Å². The van der Waals surface area contributed by atoms with Crippen molar-refractivity contribution in [3.8, 4) is 0 Å². The number of sulfonamides is 1. The van der Waals surface area contributed by atoms with Crippen LogP contribution in [0.1, 0.15) is 12.8 Å². The average Bonchev–Trinajstić information content (AvgIpc) is 2.92. The predicted octanol–water partition coefficient (Wildman–Crippen LogP) is -1.14. The topological polar surface area (TPSA) is 82.6 Å². The fourth-order valence-electron chi connectivity index (χ4n) is 1.03. The van der Waals surface area contributed by atoms with E-state index in [1.807, 2.05) is 0 Å². The van der Waals surface area contributed by atoms with Crippen LogP contribution in [0.15, 0.2) is 4.99 Å². The molecule has 1 saturated carbocycles. The Morgan fingerprint density at radius 3 is 2.53 bits per heavy atom. The largest absolute Gasteiger partial charge is 0.355 e. The maximum Gasteiger partial charge on any atom is 0.208 e. The molecule has 1 fully saturated rings. The van der Waals surface area contributed by atoms with Gasteiger partial charge in [-0.1, -0.05) is 0 Å². The highest BCUT2D eigenvalue weighted by atomic mass is 32.2. The summed E-state index contributed by atoms with van der Waals surface area (Å²) in [6.07, 6.45) is 3.51. The molecule has 0 radical (unpaired) electrons. The summed E-state index contributed by atoms with van der Waals surface area (Å²) in [7, 11) is -1.39. The van der Waals surface area contributed by atoms with E-state index in [0.717, 1.165) is 12.2 Å². The van der Waals surface area contributed by atoms with Crippen LogP contribution in [0.5, 0.6) is 0 Å². The van der Waals surface area contributed by atoms with Crippen molar-refractivity contribution in [3.05, 3.63) is 0 Å². The average molecular weight is 234 g/mol. The highest BCUT2D eigenvalue weighted by Crippen LogP contribution is 2.18. The van der Waals surface area contributed by atoms with Crippen molar-refractivity contribution in [1.82, 2.24) is 15.4 Å². The molecule has 1 rings (SSSR count). The van der Waals surface area contributed by atoms with Crippen LogP contribution in [0.25, 0.3) is 0 Å². The quantitative estimate of drug-likeness (QED) is 0.319. The van der Waals surface area contributed by atoms with E-state index in [0.29, 0.717) is 19.1 Å². The highest BCUT2D eigenvalue weighted by molar-refractivity contribution is 7.88. The van der Waals surface area contributed by atoms with Crippen LogP contribution in [-0.4, -0.2) is 46.8 Å². The van der Waals surface area contributed by atoms with Crippen molar-refractivity contribution in [1.29, 1.82) is 0 Å². The van der Waals surface area contributed by atoms with E-state index in [1.165, 1.54) is 12.8 Å². The third-order valence-electron chi connectivity index (χ3n) is 1.92. The first-order valence-electron chi connectivity index (χ1n) is 4.93. The Labute approximate surface area is 90.6 Å². The van der Waals surface area contributed by atoms with Gasteiger partial charge in [0.05, 0.1) is 6.26 Å². The fourth-order valence-corrected chi connectivity index (χ4v) is 1.51. The van der Waals surface area contributed by atoms with E-state index in [9.17, 15) is 8.42 Å². The summed E-state index contributed by atoms with van der Waals surface area (Å²) in [5.74, 6) is 0.729. The predicted molar refractivity (Wildman–Crippen MR) is 60.4 cm³/mol. The number of hydrogen-bond donors (Lipinski definition) is 3. The fraction of sp³-hybridized carbons (Fsp3) is 0.875. The second-order valence-electron chi connectivity index (χ2n) is 3.58. The van der Waals surface area contributed by atoms with E-state index in [-0.39, 0.29) is 0 Å². The zero-order valence-corrected chi connectivity index (χ0v) is 9.89. The number of hydrogen-bond acceptors (Lipinski definition) is 3. The molecule has 15 heavy (non-hydrogen) atoms. The molecule has 0 bridgehead atoms. The Morgan fingerprint density at radius 1 is 1.40 bits per heavy atom. The summed E-state index contributed by atoms with van der Waals surface area (Å²) in [4.78, 5) is 4.02. The van der Waals surface area contributed by atoms with Gasteiger partial charge in [-0.05, 0) is 12.8 Å². The lowest BCUT2D eigenvalue weighted by molar-refractivity contribution is 0.586. The molecule has 0 atom stereocenters. The van der Waals surface area contributed by atoms with Crippen molar-refractivity contribution in [2.24, 2.45) is 4.99 Å². The van der Waals surface area contributed by atoms with Crippen molar-refractivity contribution in [3.63, 3.8) is 0 Å². The minimum atomic E-state index is -3.09. The van der Waals surface area contributed by atoms with Gasteiger partial charge in [0.15, 0.2) is 5.96 Å². The standard InChI is InChI=1S/C8H18N4O2S/c1-9-8(12-7-3-4-7)10-5-6-11-15(2,13)14/h7,11H,3-6H2,1-2H3,(H2,9,10,12). The lowest BCUT2D eigenvalue weighted by Crippen LogP contribution is -2.42. The maximum absolute atomic E-state index is 10.7. The zero-order chi connectivity index (χ0) is 11.3. The number of rotatable bonds is 5. The minimum absolute atomic E-state index is 0.365. The summed E-state index contributed by atoms with van der Waals surface area (Å²) in [5, 5.41) is 6.23. The minimum Gasteiger partial charge on any atom is -0.355 e. The molecule has 1 aliphatic carbocycles. The Balaban J connectivity index is 2.12. The molecular formula is C8H18N4O2S. The first-order chi connectivity index (χ1) is 7.01. The molecule has 0 heterocycles. The van der Waals surface area contributed by atoms with Gasteiger partial charge in [-0.2, -0.15) is 0 Å². The molecular weight excluding hydrogens is 216 g/mol. The summed E-state index contributed by atoms with van der Waals surface area (Å²) >= 11 is 0. The molecule has 3 N–H and O–H groups in total. The van der Waals surface area contributed by atoms with Gasteiger partial charge < -0.3 is 10.6 Å². The summed E-state index contributed by atoms with van der Waals surface area (Å²) in [5.41, 5.74) is 0. The molecule has 0 aromatic rings. The van der Waals surface area contributed by atoms with Crippen LogP contribution in [0, 0.1) is 0 Å². The number of nitrogens with one attached hydrogen (secondary N) is 3. The molecule has 0 aromatic carbocycles. The van der Waals surface area contributed by atoms with Crippen LogP contribution in [0.3, 0.4) is 0 Å². The molecule has 6 nitrogen and oxygen atoms in total. The van der Waals surface area contributed by atoms with Crippen LogP contribution < -0.4 is 15.4 Å². The first kappa shape index (κ1) is 12.3. The van der Waals surface area contributed by atoms with E-state index >= 15 is 0 Å². The van der Waals surface area contributed by atoms with Gasteiger partial charge in [-0.15, -0.1) is 0 Å². The van der Waals surface area contributed by atoms with E-state index < -0.39 is 10.0 Å². The monoisotopic (exact) mass is 234 g/mol. The molecule has 1 aliphatic rings. The van der Waals surface area contributed by atoms with Crippen LogP contribution in [-0.2, 0) is 10.0 Å². The SMILES string of the molecule is CN=C(NCCNS(C)(=O)=O)NC1CC1. The lowest BCUT2D eigenvalue weighted by atomic mass is 10.6. The summed E-state index contributed by atoms with van der Waals surface area (Å²) in [6, 6.07) is 0.541. The van der Waals surface area contributed by atoms with Gasteiger partial charge in [0.2, 0.25) is 10.0 Å². The number of aliphatic imine (C=N–C) groups is 1. The Bertz CT molecular complexity index is 322. The van der Waals surface area contributed by atoms with Gasteiger partial charge in [0, 0.05) is 26.2 Å². The Hall–Kier alpha value is -0.820. The second-order valence-corrected chi connectivity index (χ2v) is 5.42. The van der Waals surface area contributed by atoms with Crippen molar-refractivity contribution in [2.45, 2.75) is 18.9 Å². The van der Waals surface area contributed by atoms with Crippen LogP contribution in [0.4, 0.5) is 0 Å². The lowest BCUT2D eigenvalue weighted by Gasteiger charge is -2.10. The van der Waals surface area contributed by atoms with E-state index in [2.05, 4.69) is 20.3 Å². The van der Waals surface area contributed by atoms with Crippen LogP contribution >= 0.6 is 0 Å². The summed E-state index contributed by atoms with van der Waals surface area (Å²) < 4.78 is 23.9. The second kappa shape index (κ2) is 5.32. The van der Waals surface area contributed by atoms with Gasteiger partial charge in [0.25, 0.3) is 0 Å². The first-order valence-corrected chi connectivity index (χ1v) is 6.82. The number of guanidine groups is 1. The third-order valence-corrected chi connectivity index (χ3v) is 2.65. The van der Waals surface area contributed by atoms with Gasteiger partial charge in [-0.3, -0.25) is 4.99 Å². The normalized spacial score (nSPS) is 17.6. The smallest absolute Gasteiger partial charge is 0.208 e. The molecule has 0 saturated heterocycles. The molecule has 0 amide bonds. The van der Waals surface area contributed by atoms with Crippen molar-refractivity contribution < 1.29 is 8.42 Å². The molecule has 7 heteroatoms. The van der Waals surface area contributed by atoms with Crippen molar-refractivity contribution in [2.75, 3.05) is 26.4 Å². The van der Waals surface area contributed by atoms with E-state index in [1.54, 1.807) is 7.05 Å². The van der Waals surface area contributed by atoms with Gasteiger partial charge >= 0.3 is 0 Å². The molecule has 0 unspecified atom stereocenters. The summed E-state index contributed by atoms with van der Waals surface area (Å²) in [6.45, 7) is 0.893. The van der Waals surface area contributed by atoms with Crippen molar-refractivity contribution >= 4 is 16.0 Å². The molecule has 0 spiro atoms.